The summed E-state index contributed by atoms with van der Waals surface area (Å²) >= 11 is 4.06. The number of nitrogens with one attached hydrogen (secondary N) is 3. The Labute approximate surface area is 187 Å². The zero-order chi connectivity index (χ0) is 24.3. The molecule has 0 saturated heterocycles. The number of carboxylic acid groups (broad SMARTS) is 1. The molecule has 0 fully saturated rings. The van der Waals surface area contributed by atoms with Gasteiger partial charge >= 0.3 is 5.97 Å². The quantitative estimate of drug-likeness (QED) is 0.157. The number of nitrogens with two attached hydrogens (primary N) is 2. The molecule has 0 bridgehead atoms. The van der Waals surface area contributed by atoms with Crippen molar-refractivity contribution in [3.63, 3.8) is 0 Å². The van der Waals surface area contributed by atoms with Crippen LogP contribution < -0.4 is 27.4 Å². The van der Waals surface area contributed by atoms with Gasteiger partial charge in [0.25, 0.3) is 0 Å². The van der Waals surface area contributed by atoms with Gasteiger partial charge in [0.2, 0.25) is 23.6 Å². The van der Waals surface area contributed by atoms with Gasteiger partial charge in [0, 0.05) is 12.2 Å². The fourth-order valence-corrected chi connectivity index (χ4v) is 2.79. The minimum absolute atomic E-state index is 0.0940. The second-order valence-electron chi connectivity index (χ2n) is 7.79. The van der Waals surface area contributed by atoms with Crippen LogP contribution in [0.2, 0.25) is 0 Å². The smallest absolute Gasteiger partial charge is 0.326 e. The van der Waals surface area contributed by atoms with Gasteiger partial charge in [-0.3, -0.25) is 19.2 Å². The van der Waals surface area contributed by atoms with Crippen LogP contribution >= 0.6 is 12.6 Å². The fourth-order valence-electron chi connectivity index (χ4n) is 2.53. The van der Waals surface area contributed by atoms with Gasteiger partial charge in [-0.15, -0.1) is 0 Å². The van der Waals surface area contributed by atoms with E-state index in [0.717, 1.165) is 0 Å². The monoisotopic (exact) mass is 461 g/mol. The summed E-state index contributed by atoms with van der Waals surface area (Å²) in [5.74, 6) is -4.56. The molecule has 0 spiro atoms. The van der Waals surface area contributed by atoms with Crippen LogP contribution in [0, 0.1) is 11.8 Å². The highest BCUT2D eigenvalue weighted by Crippen LogP contribution is 2.09. The van der Waals surface area contributed by atoms with Crippen molar-refractivity contribution in [1.82, 2.24) is 16.0 Å². The number of rotatable bonds is 14. The second kappa shape index (κ2) is 13.9. The van der Waals surface area contributed by atoms with Crippen LogP contribution in [0.5, 0.6) is 0 Å². The first-order valence-corrected chi connectivity index (χ1v) is 10.8. The average molecular weight is 462 g/mol. The molecule has 0 rings (SSSR count). The van der Waals surface area contributed by atoms with Gasteiger partial charge in [-0.25, -0.2) is 4.79 Å². The lowest BCUT2D eigenvalue weighted by atomic mass is 9.99. The molecule has 0 aliphatic carbocycles. The van der Waals surface area contributed by atoms with Gasteiger partial charge < -0.3 is 32.5 Å². The highest BCUT2D eigenvalue weighted by atomic mass is 32.1. The molecule has 5 atom stereocenters. The second-order valence-corrected chi connectivity index (χ2v) is 8.15. The Morgan fingerprint density at radius 2 is 1.45 bits per heavy atom. The molecular weight excluding hydrogens is 426 g/mol. The van der Waals surface area contributed by atoms with Gasteiger partial charge in [-0.05, 0) is 18.3 Å². The Morgan fingerprint density at radius 1 is 0.935 bits per heavy atom. The lowest BCUT2D eigenvalue weighted by Gasteiger charge is -2.26. The third-order valence-corrected chi connectivity index (χ3v) is 5.29. The topological polar surface area (TPSA) is 194 Å². The van der Waals surface area contributed by atoms with Crippen LogP contribution in [0.1, 0.15) is 47.0 Å². The van der Waals surface area contributed by atoms with Crippen LogP contribution in [0.3, 0.4) is 0 Å². The predicted octanol–water partition coefficient (Wildman–Crippen LogP) is -1.25. The Balaban J connectivity index is 5.35. The number of primary amides is 1. The minimum Gasteiger partial charge on any atom is -0.480 e. The van der Waals surface area contributed by atoms with Crippen molar-refractivity contribution < 1.29 is 29.1 Å². The molecule has 0 aromatic rings. The number of carbonyl (C=O) groups is 5. The average Bonchev–Trinajstić information content (AvgIpc) is 2.70. The summed E-state index contributed by atoms with van der Waals surface area (Å²) in [5.41, 5.74) is 10.9. The largest absolute Gasteiger partial charge is 0.480 e. The van der Waals surface area contributed by atoms with E-state index in [4.69, 9.17) is 11.5 Å². The number of hydrogen-bond acceptors (Lipinski definition) is 7. The zero-order valence-electron chi connectivity index (χ0n) is 18.4. The molecule has 5 unspecified atom stereocenters. The molecule has 0 aromatic carbocycles. The minimum atomic E-state index is -1.19. The third-order valence-electron chi connectivity index (χ3n) is 4.93. The molecule has 0 aromatic heterocycles. The maximum atomic E-state index is 12.7. The molecule has 12 heteroatoms. The molecule has 178 valence electrons. The number of hydrogen-bond donors (Lipinski definition) is 7. The fraction of sp³-hybridized carbons (Fsp3) is 0.737. The lowest BCUT2D eigenvalue weighted by Crippen LogP contribution is -2.58. The summed E-state index contributed by atoms with van der Waals surface area (Å²) < 4.78 is 0. The van der Waals surface area contributed by atoms with Crippen LogP contribution in [-0.4, -0.2) is 64.6 Å². The van der Waals surface area contributed by atoms with Crippen LogP contribution in [0.4, 0.5) is 0 Å². The van der Waals surface area contributed by atoms with Crippen LogP contribution in [0.15, 0.2) is 0 Å². The van der Waals surface area contributed by atoms with Crippen molar-refractivity contribution in [3.05, 3.63) is 0 Å². The van der Waals surface area contributed by atoms with Gasteiger partial charge in [0.05, 0.1) is 6.04 Å². The number of carbonyl (C=O) groups excluding carboxylic acids is 4. The molecule has 0 heterocycles. The van der Waals surface area contributed by atoms with Crippen molar-refractivity contribution in [1.29, 1.82) is 0 Å². The van der Waals surface area contributed by atoms with Gasteiger partial charge in [0.15, 0.2) is 0 Å². The Hall–Kier alpha value is -2.34. The summed E-state index contributed by atoms with van der Waals surface area (Å²) in [7, 11) is 0. The van der Waals surface area contributed by atoms with E-state index in [1.54, 1.807) is 27.7 Å². The molecule has 4 amide bonds. The van der Waals surface area contributed by atoms with E-state index >= 15 is 0 Å². The number of aliphatic carboxylic acids is 1. The summed E-state index contributed by atoms with van der Waals surface area (Å²) in [4.78, 5) is 60.1. The molecule has 31 heavy (non-hydrogen) atoms. The maximum absolute atomic E-state index is 12.7. The summed E-state index contributed by atoms with van der Waals surface area (Å²) in [5, 5.41) is 16.7. The molecule has 0 radical (unpaired) electrons. The highest BCUT2D eigenvalue weighted by Gasteiger charge is 2.31. The van der Waals surface area contributed by atoms with E-state index in [0.29, 0.717) is 6.42 Å². The number of thiol groups is 1. The van der Waals surface area contributed by atoms with Crippen LogP contribution in [0.25, 0.3) is 0 Å². The summed E-state index contributed by atoms with van der Waals surface area (Å²) in [6.45, 7) is 6.94. The van der Waals surface area contributed by atoms with Gasteiger partial charge in [-0.2, -0.15) is 12.6 Å². The van der Waals surface area contributed by atoms with E-state index < -0.39 is 53.8 Å². The number of amides is 4. The molecule has 0 aliphatic heterocycles. The number of carboxylic acids is 1. The zero-order valence-corrected chi connectivity index (χ0v) is 19.3. The Bertz CT molecular complexity index is 660. The van der Waals surface area contributed by atoms with Crippen molar-refractivity contribution in [2.24, 2.45) is 23.3 Å². The SMILES string of the molecule is CCC(C)C(NC(=O)C(CS)NC(=O)C(CCC(N)=O)NC(=O)C(N)C(C)C)C(=O)O. The van der Waals surface area contributed by atoms with Crippen molar-refractivity contribution >= 4 is 42.2 Å². The van der Waals surface area contributed by atoms with E-state index in [1.165, 1.54) is 0 Å². The van der Waals surface area contributed by atoms with Crippen molar-refractivity contribution in [2.45, 2.75) is 71.1 Å². The normalized spacial score (nSPS) is 15.8. The summed E-state index contributed by atoms with van der Waals surface area (Å²) in [6.07, 6.45) is 0.248. The Morgan fingerprint density at radius 3 is 1.87 bits per heavy atom. The Kier molecular flexibility index (Phi) is 12.8. The lowest BCUT2D eigenvalue weighted by molar-refractivity contribution is -0.143. The van der Waals surface area contributed by atoms with Crippen molar-refractivity contribution in [3.8, 4) is 0 Å². The molecule has 0 aliphatic rings. The first-order chi connectivity index (χ1) is 14.3. The molecular formula is C19H35N5O6S. The standard InChI is InChI=1S/C19H35N5O6S/c1-5-10(4)15(19(29)30)24-17(27)12(8-31)23-16(26)11(6-7-13(20)25)22-18(28)14(21)9(2)3/h9-12,14-15,31H,5-8,21H2,1-4H3,(H2,20,25)(H,22,28)(H,23,26)(H,24,27)(H,29,30). The molecule has 0 saturated carbocycles. The van der Waals surface area contributed by atoms with Crippen LogP contribution in [-0.2, 0) is 24.0 Å². The molecule has 11 nitrogen and oxygen atoms in total. The van der Waals surface area contributed by atoms with E-state index in [-0.39, 0.29) is 30.4 Å². The summed E-state index contributed by atoms with van der Waals surface area (Å²) in [6, 6.07) is -4.33. The highest BCUT2D eigenvalue weighted by molar-refractivity contribution is 7.80. The maximum Gasteiger partial charge on any atom is 0.326 e. The predicted molar refractivity (Wildman–Crippen MR) is 118 cm³/mol. The van der Waals surface area contributed by atoms with E-state index in [9.17, 15) is 29.1 Å². The van der Waals surface area contributed by atoms with Gasteiger partial charge in [0.1, 0.15) is 18.1 Å². The molecule has 8 N–H and O–H groups in total. The van der Waals surface area contributed by atoms with Gasteiger partial charge in [-0.1, -0.05) is 34.1 Å². The first-order valence-electron chi connectivity index (χ1n) is 10.1. The third kappa shape index (κ3) is 10.0. The van der Waals surface area contributed by atoms with E-state index in [2.05, 4.69) is 28.6 Å². The van der Waals surface area contributed by atoms with Crippen molar-refractivity contribution in [2.75, 3.05) is 5.75 Å². The van der Waals surface area contributed by atoms with E-state index in [1.807, 2.05) is 0 Å². The first kappa shape index (κ1) is 28.7.